The Morgan fingerprint density at radius 2 is 2.05 bits per heavy atom. The highest BCUT2D eigenvalue weighted by atomic mass is 35.5. The van der Waals surface area contributed by atoms with Crippen LogP contribution in [0.5, 0.6) is 11.5 Å². The van der Waals surface area contributed by atoms with Crippen molar-refractivity contribution in [2.75, 3.05) is 14.2 Å². The van der Waals surface area contributed by atoms with Gasteiger partial charge in [-0.1, -0.05) is 16.8 Å². The summed E-state index contributed by atoms with van der Waals surface area (Å²) in [6.07, 6.45) is 0. The molecule has 1 heterocycles. The average Bonchev–Trinajstić information content (AvgIpc) is 2.87. The quantitative estimate of drug-likeness (QED) is 0.929. The van der Waals surface area contributed by atoms with E-state index in [4.69, 9.17) is 30.7 Å². The maximum atomic E-state index is 10.8. The Morgan fingerprint density at radius 1 is 1.32 bits per heavy atom. The van der Waals surface area contributed by atoms with E-state index in [2.05, 4.69) is 5.16 Å². The molecule has 0 fully saturated rings. The number of aromatic carboxylic acids is 1. The third-order valence-electron chi connectivity index (χ3n) is 2.44. The van der Waals surface area contributed by atoms with Crippen LogP contribution in [-0.4, -0.2) is 30.5 Å². The lowest BCUT2D eigenvalue weighted by molar-refractivity contribution is 0.0652. The van der Waals surface area contributed by atoms with Crippen molar-refractivity contribution in [1.82, 2.24) is 5.16 Å². The number of carboxylic acids is 1. The highest BCUT2D eigenvalue weighted by Crippen LogP contribution is 2.40. The normalized spacial score (nSPS) is 10.3. The molecular formula is C12H10ClNO5. The van der Waals surface area contributed by atoms with Crippen molar-refractivity contribution in [3.8, 4) is 22.8 Å². The fourth-order valence-electron chi connectivity index (χ4n) is 1.62. The van der Waals surface area contributed by atoms with Crippen molar-refractivity contribution >= 4 is 17.6 Å². The topological polar surface area (TPSA) is 81.8 Å². The molecule has 1 N–H and O–H groups in total. The monoisotopic (exact) mass is 283 g/mol. The van der Waals surface area contributed by atoms with Crippen LogP contribution in [0, 0.1) is 0 Å². The summed E-state index contributed by atoms with van der Waals surface area (Å²) in [4.78, 5) is 10.8. The van der Waals surface area contributed by atoms with Gasteiger partial charge in [0.25, 0.3) is 0 Å². The third-order valence-corrected chi connectivity index (χ3v) is 2.66. The number of carbonyl (C=O) groups is 1. The standard InChI is InChI=1S/C12H10ClNO5/c1-17-9-4-6(13)3-7(11(9)18-2)8-5-10(12(15)16)19-14-8/h3-5H,1-2H3,(H,15,16). The van der Waals surface area contributed by atoms with Crippen LogP contribution in [0.1, 0.15) is 10.6 Å². The van der Waals surface area contributed by atoms with Crippen LogP contribution >= 0.6 is 11.6 Å². The predicted octanol–water partition coefficient (Wildman–Crippen LogP) is 2.71. The zero-order valence-electron chi connectivity index (χ0n) is 10.1. The molecule has 6 nitrogen and oxygen atoms in total. The van der Waals surface area contributed by atoms with Gasteiger partial charge in [-0.05, 0) is 6.07 Å². The zero-order valence-corrected chi connectivity index (χ0v) is 10.9. The van der Waals surface area contributed by atoms with E-state index in [1.165, 1.54) is 20.3 Å². The van der Waals surface area contributed by atoms with Crippen molar-refractivity contribution in [3.05, 3.63) is 29.0 Å². The van der Waals surface area contributed by atoms with E-state index < -0.39 is 5.97 Å². The lowest BCUT2D eigenvalue weighted by Crippen LogP contribution is -1.94. The van der Waals surface area contributed by atoms with Crippen LogP contribution in [0.2, 0.25) is 5.02 Å². The first-order valence-electron chi connectivity index (χ1n) is 5.18. The number of aromatic nitrogens is 1. The minimum absolute atomic E-state index is 0.268. The molecule has 0 radical (unpaired) electrons. The predicted molar refractivity (Wildman–Crippen MR) is 67.0 cm³/mol. The van der Waals surface area contributed by atoms with Gasteiger partial charge in [-0.15, -0.1) is 0 Å². The largest absolute Gasteiger partial charge is 0.493 e. The molecule has 0 atom stereocenters. The molecular weight excluding hydrogens is 274 g/mol. The van der Waals surface area contributed by atoms with Crippen LogP contribution in [0.3, 0.4) is 0 Å². The van der Waals surface area contributed by atoms with E-state index in [1.54, 1.807) is 12.1 Å². The van der Waals surface area contributed by atoms with Crippen molar-refractivity contribution in [1.29, 1.82) is 0 Å². The number of ether oxygens (including phenoxy) is 2. The van der Waals surface area contributed by atoms with Gasteiger partial charge >= 0.3 is 5.97 Å². The summed E-state index contributed by atoms with van der Waals surface area (Å²) >= 11 is 5.97. The molecule has 1 aromatic heterocycles. The minimum Gasteiger partial charge on any atom is -0.493 e. The van der Waals surface area contributed by atoms with Crippen molar-refractivity contribution < 1.29 is 23.9 Å². The van der Waals surface area contributed by atoms with E-state index in [1.807, 2.05) is 0 Å². The Kier molecular flexibility index (Phi) is 3.62. The van der Waals surface area contributed by atoms with Crippen LogP contribution in [0.25, 0.3) is 11.3 Å². The molecule has 19 heavy (non-hydrogen) atoms. The second-order valence-corrected chi connectivity index (χ2v) is 4.01. The summed E-state index contributed by atoms with van der Waals surface area (Å²) in [5, 5.41) is 12.9. The molecule has 0 saturated heterocycles. The van der Waals surface area contributed by atoms with Gasteiger partial charge in [0.15, 0.2) is 11.5 Å². The number of rotatable bonds is 4. The van der Waals surface area contributed by atoms with Gasteiger partial charge in [0, 0.05) is 17.2 Å². The fraction of sp³-hybridized carbons (Fsp3) is 0.167. The van der Waals surface area contributed by atoms with Crippen LogP contribution < -0.4 is 9.47 Å². The van der Waals surface area contributed by atoms with E-state index in [0.717, 1.165) is 0 Å². The molecule has 1 aromatic carbocycles. The zero-order chi connectivity index (χ0) is 14.0. The molecule has 0 spiro atoms. The van der Waals surface area contributed by atoms with Gasteiger partial charge in [0.1, 0.15) is 5.69 Å². The number of nitrogens with zero attached hydrogens (tertiary/aromatic N) is 1. The molecule has 0 unspecified atom stereocenters. The molecule has 7 heteroatoms. The average molecular weight is 284 g/mol. The first kappa shape index (κ1) is 13.2. The fourth-order valence-corrected chi connectivity index (χ4v) is 1.83. The van der Waals surface area contributed by atoms with E-state index in [9.17, 15) is 4.79 Å². The lowest BCUT2D eigenvalue weighted by atomic mass is 10.1. The molecule has 0 amide bonds. The SMILES string of the molecule is COc1cc(Cl)cc(-c2cc(C(=O)O)on2)c1OC. The Balaban J connectivity index is 2.59. The van der Waals surface area contributed by atoms with Gasteiger partial charge in [-0.25, -0.2) is 4.79 Å². The summed E-state index contributed by atoms with van der Waals surface area (Å²) in [6.45, 7) is 0. The molecule has 2 rings (SSSR count). The molecule has 0 bridgehead atoms. The Morgan fingerprint density at radius 3 is 2.58 bits per heavy atom. The third kappa shape index (κ3) is 2.48. The van der Waals surface area contributed by atoms with Gasteiger partial charge in [0.2, 0.25) is 5.76 Å². The van der Waals surface area contributed by atoms with Gasteiger partial charge in [-0.2, -0.15) is 0 Å². The summed E-state index contributed by atoms with van der Waals surface area (Å²) in [5.74, 6) is -0.648. The van der Waals surface area contributed by atoms with Gasteiger partial charge in [0.05, 0.1) is 19.8 Å². The number of methoxy groups -OCH3 is 2. The Hall–Kier alpha value is -2.21. The van der Waals surface area contributed by atoms with E-state index in [0.29, 0.717) is 27.8 Å². The van der Waals surface area contributed by atoms with E-state index in [-0.39, 0.29) is 5.76 Å². The highest BCUT2D eigenvalue weighted by Gasteiger charge is 2.19. The van der Waals surface area contributed by atoms with Crippen LogP contribution in [-0.2, 0) is 0 Å². The summed E-state index contributed by atoms with van der Waals surface area (Å²) in [7, 11) is 2.94. The van der Waals surface area contributed by atoms with Gasteiger partial charge < -0.3 is 19.1 Å². The summed E-state index contributed by atoms with van der Waals surface area (Å²) in [5.41, 5.74) is 0.790. The minimum atomic E-state index is -1.20. The molecule has 2 aromatic rings. The molecule has 0 aliphatic rings. The van der Waals surface area contributed by atoms with Crippen molar-refractivity contribution in [2.45, 2.75) is 0 Å². The molecule has 0 aliphatic carbocycles. The second-order valence-electron chi connectivity index (χ2n) is 3.57. The first-order chi connectivity index (χ1) is 9.06. The van der Waals surface area contributed by atoms with Crippen LogP contribution in [0.4, 0.5) is 0 Å². The first-order valence-corrected chi connectivity index (χ1v) is 5.56. The van der Waals surface area contributed by atoms with Crippen molar-refractivity contribution in [2.24, 2.45) is 0 Å². The highest BCUT2D eigenvalue weighted by molar-refractivity contribution is 6.31. The van der Waals surface area contributed by atoms with E-state index >= 15 is 0 Å². The Bertz CT molecular complexity index is 623. The number of halogens is 1. The lowest BCUT2D eigenvalue weighted by Gasteiger charge is -2.11. The summed E-state index contributed by atoms with van der Waals surface area (Å²) in [6, 6.07) is 4.46. The number of hydrogen-bond donors (Lipinski definition) is 1. The number of hydrogen-bond acceptors (Lipinski definition) is 5. The maximum absolute atomic E-state index is 10.8. The Labute approximate surface area is 113 Å². The smallest absolute Gasteiger partial charge is 0.374 e. The molecule has 0 aliphatic heterocycles. The second kappa shape index (κ2) is 5.19. The summed E-state index contributed by atoms with van der Waals surface area (Å²) < 4.78 is 15.1. The van der Waals surface area contributed by atoms with Gasteiger partial charge in [-0.3, -0.25) is 0 Å². The number of benzene rings is 1. The molecule has 100 valence electrons. The van der Waals surface area contributed by atoms with Crippen LogP contribution in [0.15, 0.2) is 22.7 Å². The number of carboxylic acid groups (broad SMARTS) is 1. The maximum Gasteiger partial charge on any atom is 0.374 e. The molecule has 0 saturated carbocycles. The van der Waals surface area contributed by atoms with Crippen molar-refractivity contribution in [3.63, 3.8) is 0 Å².